The summed E-state index contributed by atoms with van der Waals surface area (Å²) < 4.78 is 5.49. The van der Waals surface area contributed by atoms with E-state index in [0.717, 1.165) is 25.2 Å². The van der Waals surface area contributed by atoms with Gasteiger partial charge in [0.1, 0.15) is 0 Å². The van der Waals surface area contributed by atoms with E-state index in [0.29, 0.717) is 17.2 Å². The predicted molar refractivity (Wildman–Crippen MR) is 93.8 cm³/mol. The van der Waals surface area contributed by atoms with Crippen LogP contribution in [0.2, 0.25) is 0 Å². The summed E-state index contributed by atoms with van der Waals surface area (Å²) in [7, 11) is 0. The lowest BCUT2D eigenvalue weighted by Crippen LogP contribution is -2.48. The number of hydrazine groups is 1. The Hall–Kier alpha value is -1.31. The molecule has 0 spiro atoms. The largest absolute Gasteiger partial charge is 0.376 e. The van der Waals surface area contributed by atoms with E-state index in [9.17, 15) is 4.79 Å². The number of thiocarbonyl (C=S) groups is 1. The van der Waals surface area contributed by atoms with Gasteiger partial charge in [0.2, 0.25) is 0 Å². The third-order valence-corrected chi connectivity index (χ3v) is 4.20. The highest BCUT2D eigenvalue weighted by molar-refractivity contribution is 7.97. The molecule has 1 atom stereocenters. The normalized spacial score (nSPS) is 17.0. The van der Waals surface area contributed by atoms with Crippen molar-refractivity contribution >= 4 is 35.0 Å². The minimum absolute atomic E-state index is 0.208. The summed E-state index contributed by atoms with van der Waals surface area (Å²) in [4.78, 5) is 12.0. The summed E-state index contributed by atoms with van der Waals surface area (Å²) in [5.74, 6) is 0.731. The number of benzene rings is 1. The second-order valence-corrected chi connectivity index (χ2v) is 6.33. The molecule has 7 heteroatoms. The van der Waals surface area contributed by atoms with E-state index < -0.39 is 0 Å². The average molecular weight is 339 g/mol. The van der Waals surface area contributed by atoms with Crippen LogP contribution in [0.15, 0.2) is 24.3 Å². The third kappa shape index (κ3) is 5.47. The van der Waals surface area contributed by atoms with Crippen LogP contribution in [0.1, 0.15) is 28.8 Å². The highest BCUT2D eigenvalue weighted by atomic mass is 32.2. The minimum atomic E-state index is -0.211. The Morgan fingerprint density at radius 2 is 2.14 bits per heavy atom. The zero-order chi connectivity index (χ0) is 15.8. The van der Waals surface area contributed by atoms with E-state index in [1.165, 1.54) is 5.56 Å². The molecule has 0 bridgehead atoms. The second kappa shape index (κ2) is 8.97. The van der Waals surface area contributed by atoms with E-state index in [-0.39, 0.29) is 12.0 Å². The van der Waals surface area contributed by atoms with Crippen LogP contribution in [-0.2, 0) is 10.5 Å². The molecule has 2 rings (SSSR count). The lowest BCUT2D eigenvalue weighted by atomic mass is 10.1. The zero-order valence-corrected chi connectivity index (χ0v) is 14.2. The molecule has 1 saturated heterocycles. The van der Waals surface area contributed by atoms with Crippen LogP contribution < -0.4 is 16.2 Å². The van der Waals surface area contributed by atoms with Gasteiger partial charge >= 0.3 is 0 Å². The van der Waals surface area contributed by atoms with Gasteiger partial charge in [-0.1, -0.05) is 12.1 Å². The summed E-state index contributed by atoms with van der Waals surface area (Å²) in [6.07, 6.45) is 4.40. The molecule has 0 saturated carbocycles. The molecule has 1 amide bonds. The Labute approximate surface area is 140 Å². The Morgan fingerprint density at radius 3 is 2.77 bits per heavy atom. The molecule has 22 heavy (non-hydrogen) atoms. The first-order valence-corrected chi connectivity index (χ1v) is 9.03. The fraction of sp³-hybridized carbons (Fsp3) is 0.467. The van der Waals surface area contributed by atoms with E-state index in [4.69, 9.17) is 17.0 Å². The minimum Gasteiger partial charge on any atom is -0.376 e. The van der Waals surface area contributed by atoms with Crippen LogP contribution in [0.5, 0.6) is 0 Å². The van der Waals surface area contributed by atoms with Crippen LogP contribution in [-0.4, -0.2) is 36.5 Å². The maximum atomic E-state index is 12.0. The monoisotopic (exact) mass is 339 g/mol. The van der Waals surface area contributed by atoms with Gasteiger partial charge in [-0.3, -0.25) is 15.6 Å². The molecule has 120 valence electrons. The molecule has 1 unspecified atom stereocenters. The predicted octanol–water partition coefficient (Wildman–Crippen LogP) is 1.84. The molecule has 1 aromatic rings. The smallest absolute Gasteiger partial charge is 0.269 e. The summed E-state index contributed by atoms with van der Waals surface area (Å²) in [6.45, 7) is 1.47. The van der Waals surface area contributed by atoms with Crippen molar-refractivity contribution in [2.24, 2.45) is 0 Å². The van der Waals surface area contributed by atoms with Crippen molar-refractivity contribution in [3.8, 4) is 0 Å². The fourth-order valence-electron chi connectivity index (χ4n) is 2.16. The molecule has 3 N–H and O–H groups in total. The third-order valence-electron chi connectivity index (χ3n) is 3.33. The highest BCUT2D eigenvalue weighted by Gasteiger charge is 2.15. The number of thioether (sulfide) groups is 1. The Kier molecular flexibility index (Phi) is 6.95. The van der Waals surface area contributed by atoms with Crippen molar-refractivity contribution in [3.63, 3.8) is 0 Å². The fourth-order valence-corrected chi connectivity index (χ4v) is 2.82. The van der Waals surface area contributed by atoms with Gasteiger partial charge in [-0.05, 0) is 49.0 Å². The quantitative estimate of drug-likeness (QED) is 0.562. The highest BCUT2D eigenvalue weighted by Crippen LogP contribution is 2.11. The molecule has 1 heterocycles. The summed E-state index contributed by atoms with van der Waals surface area (Å²) in [5, 5.41) is 3.43. The molecule has 0 aliphatic carbocycles. The van der Waals surface area contributed by atoms with Crippen molar-refractivity contribution in [2.75, 3.05) is 19.4 Å². The van der Waals surface area contributed by atoms with Crippen LogP contribution >= 0.6 is 24.0 Å². The molecule has 5 nitrogen and oxygen atoms in total. The first kappa shape index (κ1) is 17.1. The zero-order valence-electron chi connectivity index (χ0n) is 12.6. The Bertz CT molecular complexity index is 502. The number of nitrogens with one attached hydrogen (secondary N) is 3. The number of hydrogen-bond donors (Lipinski definition) is 3. The van der Waals surface area contributed by atoms with Crippen molar-refractivity contribution in [3.05, 3.63) is 35.4 Å². The second-order valence-electron chi connectivity index (χ2n) is 5.05. The van der Waals surface area contributed by atoms with Gasteiger partial charge in [0.25, 0.3) is 5.91 Å². The average Bonchev–Trinajstić information content (AvgIpc) is 3.05. The molecule has 1 aromatic carbocycles. The van der Waals surface area contributed by atoms with Gasteiger partial charge in [0.05, 0.1) is 6.10 Å². The van der Waals surface area contributed by atoms with E-state index in [1.54, 1.807) is 11.8 Å². The maximum Gasteiger partial charge on any atom is 0.269 e. The molecular weight excluding hydrogens is 318 g/mol. The number of hydrogen-bond acceptors (Lipinski definition) is 4. The topological polar surface area (TPSA) is 62.4 Å². The summed E-state index contributed by atoms with van der Waals surface area (Å²) in [5.41, 5.74) is 7.09. The molecule has 0 radical (unpaired) electrons. The van der Waals surface area contributed by atoms with Gasteiger partial charge < -0.3 is 10.1 Å². The number of carbonyl (C=O) groups excluding carboxylic acids is 1. The molecular formula is C15H21N3O2S2. The molecule has 1 fully saturated rings. The van der Waals surface area contributed by atoms with E-state index in [2.05, 4.69) is 22.4 Å². The number of ether oxygens (including phenoxy) is 1. The van der Waals surface area contributed by atoms with Crippen molar-refractivity contribution in [1.29, 1.82) is 0 Å². The molecule has 1 aliphatic rings. The summed E-state index contributed by atoms with van der Waals surface area (Å²) >= 11 is 6.87. The first-order valence-electron chi connectivity index (χ1n) is 7.22. The molecule has 0 aromatic heterocycles. The number of carbonyl (C=O) groups is 1. The van der Waals surface area contributed by atoms with Gasteiger partial charge in [-0.15, -0.1) is 0 Å². The van der Waals surface area contributed by atoms with Gasteiger partial charge in [-0.2, -0.15) is 11.8 Å². The summed E-state index contributed by atoms with van der Waals surface area (Å²) in [6, 6.07) is 7.54. The first-order chi connectivity index (χ1) is 10.7. The van der Waals surface area contributed by atoms with E-state index in [1.807, 2.05) is 24.3 Å². The Morgan fingerprint density at radius 1 is 1.36 bits per heavy atom. The van der Waals surface area contributed by atoms with Gasteiger partial charge in [0.15, 0.2) is 5.11 Å². The maximum absolute atomic E-state index is 12.0. The van der Waals surface area contributed by atoms with Crippen molar-refractivity contribution in [2.45, 2.75) is 24.7 Å². The SMILES string of the molecule is CSCc1ccc(C(=O)NNC(=S)NCC2CCCO2)cc1. The Balaban J connectivity index is 1.70. The van der Waals surface area contributed by atoms with Gasteiger partial charge in [-0.25, -0.2) is 0 Å². The van der Waals surface area contributed by atoms with E-state index >= 15 is 0 Å². The van der Waals surface area contributed by atoms with Crippen molar-refractivity contribution in [1.82, 2.24) is 16.2 Å². The lowest BCUT2D eigenvalue weighted by Gasteiger charge is -2.14. The van der Waals surface area contributed by atoms with Crippen LogP contribution in [0.25, 0.3) is 0 Å². The number of rotatable bonds is 5. The molecule has 1 aliphatic heterocycles. The lowest BCUT2D eigenvalue weighted by molar-refractivity contribution is 0.0943. The van der Waals surface area contributed by atoms with Crippen molar-refractivity contribution < 1.29 is 9.53 Å². The van der Waals surface area contributed by atoms with Crippen LogP contribution in [0.4, 0.5) is 0 Å². The number of amides is 1. The van der Waals surface area contributed by atoms with Crippen LogP contribution in [0.3, 0.4) is 0 Å². The standard InChI is InChI=1S/C15H21N3O2S2/c1-22-10-11-4-6-12(7-5-11)14(19)17-18-15(21)16-9-13-3-2-8-20-13/h4-7,13H,2-3,8-10H2,1H3,(H,17,19)(H2,16,18,21). The van der Waals surface area contributed by atoms with Gasteiger partial charge in [0, 0.05) is 24.5 Å². The van der Waals surface area contributed by atoms with Crippen LogP contribution in [0, 0.1) is 0 Å².